The summed E-state index contributed by atoms with van der Waals surface area (Å²) in [7, 11) is 2.09. The maximum absolute atomic E-state index is 5.34. The third-order valence-corrected chi connectivity index (χ3v) is 2.57. The highest BCUT2D eigenvalue weighted by molar-refractivity contribution is 4.97. The van der Waals surface area contributed by atoms with E-state index in [1.807, 2.05) is 0 Å². The fraction of sp³-hybridized carbons (Fsp3) is 0.800. The normalized spacial score (nSPS) is 25.7. The molecule has 0 aliphatic carbocycles. The number of terminal acetylenes is 1. The Labute approximate surface area is 75.3 Å². The zero-order chi connectivity index (χ0) is 8.97. The number of nitrogens with one attached hydrogen (secondary N) is 1. The number of rotatable bonds is 3. The van der Waals surface area contributed by atoms with Crippen molar-refractivity contribution in [1.82, 2.24) is 10.2 Å². The van der Waals surface area contributed by atoms with E-state index >= 15 is 0 Å². The van der Waals surface area contributed by atoms with Crippen molar-refractivity contribution in [3.63, 3.8) is 0 Å². The van der Waals surface area contributed by atoms with Gasteiger partial charge in [0.2, 0.25) is 0 Å². The van der Waals surface area contributed by atoms with Gasteiger partial charge in [0.15, 0.2) is 0 Å². The van der Waals surface area contributed by atoms with Crippen molar-refractivity contribution in [3.05, 3.63) is 0 Å². The van der Waals surface area contributed by atoms with E-state index in [0.29, 0.717) is 6.04 Å². The number of hydrogen-bond acceptors (Lipinski definition) is 2. The zero-order valence-electron chi connectivity index (χ0n) is 8.01. The largest absolute Gasteiger partial charge is 0.313 e. The Morgan fingerprint density at radius 1 is 1.75 bits per heavy atom. The van der Waals surface area contributed by atoms with Gasteiger partial charge in [-0.25, -0.2) is 0 Å². The Hall–Kier alpha value is -0.520. The quantitative estimate of drug-likeness (QED) is 0.621. The monoisotopic (exact) mass is 166 g/mol. The van der Waals surface area contributed by atoms with Gasteiger partial charge in [0.25, 0.3) is 0 Å². The highest BCUT2D eigenvalue weighted by Gasteiger charge is 2.17. The highest BCUT2D eigenvalue weighted by atomic mass is 15.1. The first-order chi connectivity index (χ1) is 5.74. The van der Waals surface area contributed by atoms with Crippen LogP contribution in [0, 0.1) is 12.3 Å². The van der Waals surface area contributed by atoms with Crippen LogP contribution in [0.5, 0.6) is 0 Å². The molecule has 1 heterocycles. The van der Waals surface area contributed by atoms with E-state index < -0.39 is 0 Å². The van der Waals surface area contributed by atoms with E-state index in [4.69, 9.17) is 6.42 Å². The fourth-order valence-electron chi connectivity index (χ4n) is 1.55. The van der Waals surface area contributed by atoms with Crippen LogP contribution in [0.25, 0.3) is 0 Å². The number of likely N-dealkylation sites (N-methyl/N-ethyl adjacent to an activating group) is 1. The molecule has 12 heavy (non-hydrogen) atoms. The van der Waals surface area contributed by atoms with Crippen LogP contribution < -0.4 is 5.32 Å². The Morgan fingerprint density at radius 3 is 3.00 bits per heavy atom. The van der Waals surface area contributed by atoms with Crippen molar-refractivity contribution in [3.8, 4) is 12.3 Å². The Bertz CT molecular complexity index is 165. The molecule has 2 heteroatoms. The molecule has 1 rings (SSSR count). The van der Waals surface area contributed by atoms with Gasteiger partial charge in [0.05, 0.1) is 6.04 Å². The van der Waals surface area contributed by atoms with Gasteiger partial charge < -0.3 is 5.32 Å². The van der Waals surface area contributed by atoms with Crippen molar-refractivity contribution < 1.29 is 0 Å². The first-order valence-corrected chi connectivity index (χ1v) is 4.64. The lowest BCUT2D eigenvalue weighted by molar-refractivity contribution is 0.275. The first kappa shape index (κ1) is 9.57. The van der Waals surface area contributed by atoms with Crippen molar-refractivity contribution in [2.24, 2.45) is 0 Å². The molecule has 0 aromatic carbocycles. The molecule has 1 fully saturated rings. The molecular formula is C10H18N2. The summed E-state index contributed by atoms with van der Waals surface area (Å²) in [6.07, 6.45) is 7.94. The predicted molar refractivity (Wildman–Crippen MR) is 51.9 cm³/mol. The van der Waals surface area contributed by atoms with Crippen LogP contribution >= 0.6 is 0 Å². The minimum atomic E-state index is 0.257. The van der Waals surface area contributed by atoms with Gasteiger partial charge in [-0.05, 0) is 33.4 Å². The van der Waals surface area contributed by atoms with Gasteiger partial charge in [-0.15, -0.1) is 6.42 Å². The van der Waals surface area contributed by atoms with Gasteiger partial charge in [-0.3, -0.25) is 4.90 Å². The third-order valence-electron chi connectivity index (χ3n) is 2.57. The van der Waals surface area contributed by atoms with Gasteiger partial charge in [0.1, 0.15) is 0 Å². The summed E-state index contributed by atoms with van der Waals surface area (Å²) >= 11 is 0. The second kappa shape index (κ2) is 4.49. The molecule has 0 aromatic rings. The summed E-state index contributed by atoms with van der Waals surface area (Å²) in [6.45, 7) is 4.31. The highest BCUT2D eigenvalue weighted by Crippen LogP contribution is 2.07. The average Bonchev–Trinajstić information content (AvgIpc) is 2.55. The molecule has 68 valence electrons. The van der Waals surface area contributed by atoms with E-state index in [-0.39, 0.29) is 6.04 Å². The molecule has 2 atom stereocenters. The molecule has 0 spiro atoms. The molecule has 0 saturated carbocycles. The predicted octanol–water partition coefficient (Wildman–Crippen LogP) is 0.692. The maximum Gasteiger partial charge on any atom is 0.0681 e. The standard InChI is InChI=1S/C10H18N2/c1-4-9(2)12(3)8-10-6-5-7-11-10/h1,9-11H,5-8H2,2-3H3. The van der Waals surface area contributed by atoms with Crippen LogP contribution in [0.3, 0.4) is 0 Å². The number of hydrogen-bond donors (Lipinski definition) is 1. The lowest BCUT2D eigenvalue weighted by Gasteiger charge is -2.23. The maximum atomic E-state index is 5.34. The van der Waals surface area contributed by atoms with Crippen molar-refractivity contribution in [2.45, 2.75) is 31.8 Å². The Kier molecular flexibility index (Phi) is 3.58. The lowest BCUT2D eigenvalue weighted by Crippen LogP contribution is -2.39. The van der Waals surface area contributed by atoms with E-state index in [2.05, 4.69) is 30.1 Å². The van der Waals surface area contributed by atoms with E-state index in [1.54, 1.807) is 0 Å². The Morgan fingerprint density at radius 2 is 2.50 bits per heavy atom. The average molecular weight is 166 g/mol. The molecule has 1 saturated heterocycles. The smallest absolute Gasteiger partial charge is 0.0681 e. The third kappa shape index (κ3) is 2.51. The van der Waals surface area contributed by atoms with Gasteiger partial charge in [-0.1, -0.05) is 5.92 Å². The van der Waals surface area contributed by atoms with E-state index in [9.17, 15) is 0 Å². The molecule has 0 amide bonds. The van der Waals surface area contributed by atoms with Crippen LogP contribution in [0.4, 0.5) is 0 Å². The summed E-state index contributed by atoms with van der Waals surface area (Å²) in [5.41, 5.74) is 0. The summed E-state index contributed by atoms with van der Waals surface area (Å²) in [6, 6.07) is 0.915. The minimum absolute atomic E-state index is 0.257. The van der Waals surface area contributed by atoms with Crippen LogP contribution in [-0.2, 0) is 0 Å². The molecular weight excluding hydrogens is 148 g/mol. The summed E-state index contributed by atoms with van der Waals surface area (Å²) in [4.78, 5) is 2.23. The minimum Gasteiger partial charge on any atom is -0.313 e. The van der Waals surface area contributed by atoms with Crippen LogP contribution in [0.15, 0.2) is 0 Å². The van der Waals surface area contributed by atoms with Gasteiger partial charge >= 0.3 is 0 Å². The van der Waals surface area contributed by atoms with E-state index in [1.165, 1.54) is 19.4 Å². The van der Waals surface area contributed by atoms with Crippen LogP contribution in [0.2, 0.25) is 0 Å². The topological polar surface area (TPSA) is 15.3 Å². The second-order valence-electron chi connectivity index (χ2n) is 3.58. The van der Waals surface area contributed by atoms with Crippen molar-refractivity contribution >= 4 is 0 Å². The lowest BCUT2D eigenvalue weighted by atomic mass is 10.2. The molecule has 1 N–H and O–H groups in total. The SMILES string of the molecule is C#CC(C)N(C)CC1CCCN1. The van der Waals surface area contributed by atoms with Gasteiger partial charge in [0, 0.05) is 12.6 Å². The molecule has 1 aliphatic heterocycles. The molecule has 0 aromatic heterocycles. The number of nitrogens with zero attached hydrogens (tertiary/aromatic N) is 1. The molecule has 0 radical (unpaired) electrons. The first-order valence-electron chi connectivity index (χ1n) is 4.64. The summed E-state index contributed by atoms with van der Waals surface area (Å²) in [5.74, 6) is 2.74. The summed E-state index contributed by atoms with van der Waals surface area (Å²) < 4.78 is 0. The zero-order valence-corrected chi connectivity index (χ0v) is 8.01. The van der Waals surface area contributed by atoms with Crippen LogP contribution in [-0.4, -0.2) is 37.1 Å². The molecule has 2 unspecified atom stereocenters. The second-order valence-corrected chi connectivity index (χ2v) is 3.58. The molecule has 0 bridgehead atoms. The fourth-order valence-corrected chi connectivity index (χ4v) is 1.55. The van der Waals surface area contributed by atoms with Crippen LogP contribution in [0.1, 0.15) is 19.8 Å². The summed E-state index contributed by atoms with van der Waals surface area (Å²) in [5, 5.41) is 3.46. The van der Waals surface area contributed by atoms with Crippen molar-refractivity contribution in [2.75, 3.05) is 20.1 Å². The Balaban J connectivity index is 2.25. The molecule has 1 aliphatic rings. The van der Waals surface area contributed by atoms with E-state index in [0.717, 1.165) is 6.54 Å². The van der Waals surface area contributed by atoms with Crippen molar-refractivity contribution in [1.29, 1.82) is 0 Å². The molecule has 2 nitrogen and oxygen atoms in total. The van der Waals surface area contributed by atoms with Gasteiger partial charge in [-0.2, -0.15) is 0 Å².